The lowest BCUT2D eigenvalue weighted by Gasteiger charge is -1.97. The number of nitrogens with two attached hydrogens (primary N) is 1. The minimum absolute atomic E-state index is 0.248. The molecule has 0 spiro atoms. The number of phenolic OH excluding ortho intramolecular Hbond substituents is 1. The van der Waals surface area contributed by atoms with E-state index in [1.807, 2.05) is 18.2 Å². The van der Waals surface area contributed by atoms with Crippen molar-refractivity contribution < 1.29 is 9.52 Å². The molecule has 0 radical (unpaired) electrons. The van der Waals surface area contributed by atoms with Gasteiger partial charge in [-0.25, -0.2) is 0 Å². The second-order valence-corrected chi connectivity index (χ2v) is 4.27. The highest BCUT2D eigenvalue weighted by molar-refractivity contribution is 5.86. The number of nitrogens with one attached hydrogen (secondary N) is 1. The van der Waals surface area contributed by atoms with Crippen molar-refractivity contribution in [1.29, 1.82) is 0 Å². The quantitative estimate of drug-likeness (QED) is 0.661. The molecular formula is C14H14N2O2. The first-order valence-corrected chi connectivity index (χ1v) is 5.86. The monoisotopic (exact) mass is 242 g/mol. The molecule has 0 unspecified atom stereocenters. The van der Waals surface area contributed by atoms with E-state index in [1.165, 1.54) is 0 Å². The third-order valence-corrected chi connectivity index (χ3v) is 3.01. The number of furan rings is 1. The van der Waals surface area contributed by atoms with Crippen LogP contribution in [0.3, 0.4) is 0 Å². The summed E-state index contributed by atoms with van der Waals surface area (Å²) in [4.78, 5) is 3.24. The first kappa shape index (κ1) is 10.9. The minimum atomic E-state index is 0.248. The summed E-state index contributed by atoms with van der Waals surface area (Å²) in [6.45, 7) is 0.591. The Labute approximate surface area is 104 Å². The molecular weight excluding hydrogens is 228 g/mol. The number of phenols is 1. The van der Waals surface area contributed by atoms with Gasteiger partial charge in [-0.15, -0.1) is 0 Å². The molecule has 0 atom stereocenters. The Bertz CT molecular complexity index is 682. The van der Waals surface area contributed by atoms with Crippen molar-refractivity contribution >= 4 is 10.9 Å². The maximum absolute atomic E-state index is 9.45. The van der Waals surface area contributed by atoms with Crippen molar-refractivity contribution in [2.24, 2.45) is 5.73 Å². The molecule has 0 aliphatic heterocycles. The van der Waals surface area contributed by atoms with Crippen LogP contribution in [0.25, 0.3) is 22.4 Å². The number of rotatable bonds is 3. The van der Waals surface area contributed by atoms with Gasteiger partial charge in [-0.1, -0.05) is 0 Å². The summed E-state index contributed by atoms with van der Waals surface area (Å²) in [5.74, 6) is 1.06. The number of benzene rings is 1. The molecule has 0 bridgehead atoms. The van der Waals surface area contributed by atoms with E-state index in [-0.39, 0.29) is 5.75 Å². The van der Waals surface area contributed by atoms with E-state index < -0.39 is 0 Å². The second kappa shape index (κ2) is 4.23. The largest absolute Gasteiger partial charge is 0.508 e. The van der Waals surface area contributed by atoms with Crippen LogP contribution in [0.2, 0.25) is 0 Å². The van der Waals surface area contributed by atoms with E-state index in [9.17, 15) is 5.11 Å². The zero-order chi connectivity index (χ0) is 12.5. The number of aromatic nitrogens is 1. The minimum Gasteiger partial charge on any atom is -0.508 e. The fraction of sp³-hybridized carbons (Fsp3) is 0.143. The van der Waals surface area contributed by atoms with Crippen LogP contribution < -0.4 is 5.73 Å². The Hall–Kier alpha value is -2.20. The summed E-state index contributed by atoms with van der Waals surface area (Å²) in [6, 6.07) is 9.18. The molecule has 18 heavy (non-hydrogen) atoms. The molecule has 0 aliphatic carbocycles. The molecule has 4 heteroatoms. The number of hydrogen-bond donors (Lipinski definition) is 3. The van der Waals surface area contributed by atoms with Crippen molar-refractivity contribution in [2.45, 2.75) is 6.42 Å². The van der Waals surface area contributed by atoms with Gasteiger partial charge in [0, 0.05) is 22.5 Å². The van der Waals surface area contributed by atoms with Gasteiger partial charge in [-0.05, 0) is 37.2 Å². The normalized spacial score (nSPS) is 11.2. The Morgan fingerprint density at radius 1 is 1.22 bits per heavy atom. The average molecular weight is 242 g/mol. The van der Waals surface area contributed by atoms with Crippen molar-refractivity contribution in [1.82, 2.24) is 4.98 Å². The van der Waals surface area contributed by atoms with Crippen molar-refractivity contribution in [3.05, 3.63) is 42.2 Å². The SMILES string of the molecule is NCCc1ccoc1-c1cc2ccc(O)cc2[nH]1. The molecule has 0 amide bonds. The van der Waals surface area contributed by atoms with Crippen LogP contribution in [0, 0.1) is 0 Å². The molecule has 2 aromatic heterocycles. The predicted octanol–water partition coefficient (Wildman–Crippen LogP) is 2.63. The zero-order valence-corrected chi connectivity index (χ0v) is 9.81. The Balaban J connectivity index is 2.10. The van der Waals surface area contributed by atoms with Gasteiger partial charge in [-0.3, -0.25) is 0 Å². The third-order valence-electron chi connectivity index (χ3n) is 3.01. The molecule has 4 nitrogen and oxygen atoms in total. The van der Waals surface area contributed by atoms with E-state index in [0.29, 0.717) is 6.54 Å². The molecule has 0 saturated carbocycles. The zero-order valence-electron chi connectivity index (χ0n) is 9.81. The second-order valence-electron chi connectivity index (χ2n) is 4.27. The van der Waals surface area contributed by atoms with Gasteiger partial charge in [0.1, 0.15) is 5.75 Å². The van der Waals surface area contributed by atoms with Gasteiger partial charge in [0.15, 0.2) is 5.76 Å². The molecule has 3 rings (SSSR count). The summed E-state index contributed by atoms with van der Waals surface area (Å²) in [6.07, 6.45) is 2.45. The number of fused-ring (bicyclic) bond motifs is 1. The molecule has 0 aliphatic rings. The smallest absolute Gasteiger partial charge is 0.153 e. The van der Waals surface area contributed by atoms with Crippen LogP contribution in [0.5, 0.6) is 5.75 Å². The van der Waals surface area contributed by atoms with Crippen molar-refractivity contribution in [3.8, 4) is 17.2 Å². The number of aromatic amines is 1. The summed E-state index contributed by atoms with van der Waals surface area (Å²) in [7, 11) is 0. The maximum atomic E-state index is 9.45. The summed E-state index contributed by atoms with van der Waals surface area (Å²) < 4.78 is 5.51. The van der Waals surface area contributed by atoms with Crippen LogP contribution in [0.15, 0.2) is 41.0 Å². The van der Waals surface area contributed by atoms with Crippen molar-refractivity contribution in [2.75, 3.05) is 6.54 Å². The van der Waals surface area contributed by atoms with Crippen LogP contribution >= 0.6 is 0 Å². The van der Waals surface area contributed by atoms with Gasteiger partial charge < -0.3 is 20.2 Å². The van der Waals surface area contributed by atoms with E-state index in [1.54, 1.807) is 18.4 Å². The summed E-state index contributed by atoms with van der Waals surface area (Å²) >= 11 is 0. The van der Waals surface area contributed by atoms with E-state index >= 15 is 0 Å². The van der Waals surface area contributed by atoms with Gasteiger partial charge in [0.2, 0.25) is 0 Å². The average Bonchev–Trinajstić information content (AvgIpc) is 2.94. The van der Waals surface area contributed by atoms with E-state index in [0.717, 1.165) is 34.3 Å². The highest BCUT2D eigenvalue weighted by atomic mass is 16.3. The Kier molecular flexibility index (Phi) is 2.57. The Morgan fingerprint density at radius 2 is 2.11 bits per heavy atom. The first-order valence-electron chi connectivity index (χ1n) is 5.86. The standard InChI is InChI=1S/C14H14N2O2/c15-5-3-9-4-6-18-14(9)13-7-10-1-2-11(17)8-12(10)16-13/h1-2,4,6-8,16-17H,3,5,15H2. The number of hydrogen-bond acceptors (Lipinski definition) is 3. The van der Waals surface area contributed by atoms with Gasteiger partial charge >= 0.3 is 0 Å². The van der Waals surface area contributed by atoms with Crippen molar-refractivity contribution in [3.63, 3.8) is 0 Å². The first-order chi connectivity index (χ1) is 8.78. The third kappa shape index (κ3) is 1.76. The van der Waals surface area contributed by atoms with Crippen LogP contribution in [-0.4, -0.2) is 16.6 Å². The highest BCUT2D eigenvalue weighted by Crippen LogP contribution is 2.29. The van der Waals surface area contributed by atoms with Gasteiger partial charge in [0.05, 0.1) is 12.0 Å². The summed E-state index contributed by atoms with van der Waals surface area (Å²) in [5, 5.41) is 10.5. The highest BCUT2D eigenvalue weighted by Gasteiger charge is 2.11. The van der Waals surface area contributed by atoms with Crippen LogP contribution in [0.1, 0.15) is 5.56 Å². The number of aromatic hydroxyl groups is 1. The van der Waals surface area contributed by atoms with E-state index in [2.05, 4.69) is 4.98 Å². The van der Waals surface area contributed by atoms with Crippen LogP contribution in [-0.2, 0) is 6.42 Å². The topological polar surface area (TPSA) is 75.2 Å². The fourth-order valence-corrected chi connectivity index (χ4v) is 2.16. The lowest BCUT2D eigenvalue weighted by molar-refractivity contribution is 0.476. The summed E-state index contributed by atoms with van der Waals surface area (Å²) in [5.41, 5.74) is 8.46. The molecule has 92 valence electrons. The van der Waals surface area contributed by atoms with Gasteiger partial charge in [-0.2, -0.15) is 0 Å². The molecule has 3 aromatic rings. The predicted molar refractivity (Wildman–Crippen MR) is 70.4 cm³/mol. The maximum Gasteiger partial charge on any atom is 0.153 e. The molecule has 0 saturated heterocycles. The Morgan fingerprint density at radius 3 is 2.94 bits per heavy atom. The fourth-order valence-electron chi connectivity index (χ4n) is 2.16. The van der Waals surface area contributed by atoms with Crippen LogP contribution in [0.4, 0.5) is 0 Å². The number of H-pyrrole nitrogens is 1. The molecule has 0 fully saturated rings. The molecule has 2 heterocycles. The van der Waals surface area contributed by atoms with Gasteiger partial charge in [0.25, 0.3) is 0 Å². The lowest BCUT2D eigenvalue weighted by Crippen LogP contribution is -2.02. The molecule has 1 aromatic carbocycles. The lowest BCUT2D eigenvalue weighted by atomic mass is 10.1. The molecule has 4 N–H and O–H groups in total. The van der Waals surface area contributed by atoms with E-state index in [4.69, 9.17) is 10.2 Å².